The van der Waals surface area contributed by atoms with E-state index in [2.05, 4.69) is 10.4 Å². The summed E-state index contributed by atoms with van der Waals surface area (Å²) < 4.78 is 7.49. The number of carbonyl (C=O) groups excluding carboxylic acids is 1. The van der Waals surface area contributed by atoms with Gasteiger partial charge in [-0.05, 0) is 49.4 Å². The second-order valence-corrected chi connectivity index (χ2v) is 7.07. The quantitative estimate of drug-likeness (QED) is 0.702. The SMILES string of the molecule is Cc1ccnn1-c1ccc(C(=O)NC[C@@H](c2ccco2)[NH+]2CCCC2)cc1. The van der Waals surface area contributed by atoms with Crippen LogP contribution in [-0.2, 0) is 0 Å². The minimum absolute atomic E-state index is 0.0612. The van der Waals surface area contributed by atoms with Gasteiger partial charge in [0.25, 0.3) is 5.91 Å². The van der Waals surface area contributed by atoms with E-state index >= 15 is 0 Å². The predicted molar refractivity (Wildman–Crippen MR) is 102 cm³/mol. The fourth-order valence-corrected chi connectivity index (χ4v) is 3.80. The third-order valence-corrected chi connectivity index (χ3v) is 5.30. The van der Waals surface area contributed by atoms with Crippen LogP contribution < -0.4 is 10.2 Å². The van der Waals surface area contributed by atoms with Gasteiger partial charge >= 0.3 is 0 Å². The van der Waals surface area contributed by atoms with Crippen LogP contribution >= 0.6 is 0 Å². The van der Waals surface area contributed by atoms with Crippen molar-refractivity contribution in [3.8, 4) is 5.69 Å². The van der Waals surface area contributed by atoms with E-state index in [9.17, 15) is 4.79 Å². The highest BCUT2D eigenvalue weighted by molar-refractivity contribution is 5.94. The number of quaternary nitrogens is 1. The lowest BCUT2D eigenvalue weighted by molar-refractivity contribution is -0.919. The molecular weight excluding hydrogens is 340 g/mol. The molecule has 0 bridgehead atoms. The van der Waals surface area contributed by atoms with Crippen molar-refractivity contribution in [1.82, 2.24) is 15.1 Å². The number of nitrogens with one attached hydrogen (secondary N) is 2. The van der Waals surface area contributed by atoms with Crippen LogP contribution in [0.2, 0.25) is 0 Å². The zero-order valence-electron chi connectivity index (χ0n) is 15.5. The first-order chi connectivity index (χ1) is 13.2. The Labute approximate surface area is 158 Å². The van der Waals surface area contributed by atoms with Gasteiger partial charge in [0, 0.05) is 30.3 Å². The van der Waals surface area contributed by atoms with Gasteiger partial charge in [0.05, 0.1) is 31.6 Å². The number of aryl methyl sites for hydroxylation is 1. The molecule has 140 valence electrons. The zero-order valence-corrected chi connectivity index (χ0v) is 15.5. The molecule has 3 heterocycles. The first-order valence-electron chi connectivity index (χ1n) is 9.49. The van der Waals surface area contributed by atoms with E-state index < -0.39 is 0 Å². The molecule has 1 saturated heterocycles. The minimum atomic E-state index is -0.0612. The van der Waals surface area contributed by atoms with E-state index in [1.54, 1.807) is 12.5 Å². The Morgan fingerprint density at radius 1 is 1.22 bits per heavy atom. The maximum absolute atomic E-state index is 12.6. The molecule has 3 aromatic rings. The van der Waals surface area contributed by atoms with Crippen molar-refractivity contribution >= 4 is 5.91 Å². The molecule has 1 aliphatic heterocycles. The van der Waals surface area contributed by atoms with Gasteiger partial charge in [0.15, 0.2) is 11.8 Å². The lowest BCUT2D eigenvalue weighted by Gasteiger charge is -2.23. The number of hydrogen-bond acceptors (Lipinski definition) is 3. The molecule has 0 saturated carbocycles. The topological polar surface area (TPSA) is 64.5 Å². The van der Waals surface area contributed by atoms with Crippen LogP contribution in [0.15, 0.2) is 59.3 Å². The molecule has 4 rings (SSSR count). The Bertz CT molecular complexity index is 877. The molecule has 1 aromatic carbocycles. The summed E-state index contributed by atoms with van der Waals surface area (Å²) in [5.74, 6) is 0.880. The van der Waals surface area contributed by atoms with Crippen LogP contribution in [0, 0.1) is 6.92 Å². The van der Waals surface area contributed by atoms with Crippen molar-refractivity contribution in [2.24, 2.45) is 0 Å². The number of carbonyl (C=O) groups is 1. The summed E-state index contributed by atoms with van der Waals surface area (Å²) >= 11 is 0. The Hall–Kier alpha value is -2.86. The molecule has 1 atom stereocenters. The van der Waals surface area contributed by atoms with Crippen molar-refractivity contribution in [1.29, 1.82) is 0 Å². The van der Waals surface area contributed by atoms with E-state index in [1.165, 1.54) is 17.7 Å². The third kappa shape index (κ3) is 3.80. The zero-order chi connectivity index (χ0) is 18.6. The second-order valence-electron chi connectivity index (χ2n) is 7.07. The average molecular weight is 365 g/mol. The molecule has 6 nitrogen and oxygen atoms in total. The van der Waals surface area contributed by atoms with Crippen molar-refractivity contribution in [2.45, 2.75) is 25.8 Å². The number of amides is 1. The molecule has 2 N–H and O–H groups in total. The van der Waals surface area contributed by atoms with Crippen molar-refractivity contribution in [2.75, 3.05) is 19.6 Å². The molecular formula is C21H25N4O2+. The van der Waals surface area contributed by atoms with E-state index in [4.69, 9.17) is 4.42 Å². The number of aromatic nitrogens is 2. The Morgan fingerprint density at radius 3 is 2.63 bits per heavy atom. The van der Waals surface area contributed by atoms with Crippen molar-refractivity contribution in [3.05, 3.63) is 71.9 Å². The number of likely N-dealkylation sites (tertiary alicyclic amines) is 1. The molecule has 0 radical (unpaired) electrons. The van der Waals surface area contributed by atoms with E-state index in [-0.39, 0.29) is 11.9 Å². The monoisotopic (exact) mass is 365 g/mol. The van der Waals surface area contributed by atoms with Gasteiger partial charge in [-0.25, -0.2) is 4.68 Å². The molecule has 2 aromatic heterocycles. The lowest BCUT2D eigenvalue weighted by atomic mass is 10.1. The molecule has 0 aliphatic carbocycles. The van der Waals surface area contributed by atoms with E-state index in [0.29, 0.717) is 12.1 Å². The van der Waals surface area contributed by atoms with Crippen molar-refractivity contribution in [3.63, 3.8) is 0 Å². The Morgan fingerprint density at radius 2 is 2.00 bits per heavy atom. The average Bonchev–Trinajstić information content (AvgIpc) is 3.45. The summed E-state index contributed by atoms with van der Waals surface area (Å²) in [6.07, 6.45) is 5.94. The fourth-order valence-electron chi connectivity index (χ4n) is 3.80. The number of rotatable bonds is 6. The van der Waals surface area contributed by atoms with Gasteiger partial charge < -0.3 is 14.6 Å². The van der Waals surface area contributed by atoms with Gasteiger partial charge in [-0.3, -0.25) is 4.79 Å². The van der Waals surface area contributed by atoms with E-state index in [0.717, 1.165) is 30.2 Å². The highest BCUT2D eigenvalue weighted by Gasteiger charge is 2.29. The molecule has 27 heavy (non-hydrogen) atoms. The van der Waals surface area contributed by atoms with Gasteiger partial charge in [0.2, 0.25) is 0 Å². The highest BCUT2D eigenvalue weighted by atomic mass is 16.3. The summed E-state index contributed by atoms with van der Waals surface area (Å²) in [4.78, 5) is 14.1. The van der Waals surface area contributed by atoms with E-state index in [1.807, 2.05) is 54.1 Å². The first-order valence-corrected chi connectivity index (χ1v) is 9.49. The molecule has 1 amide bonds. The van der Waals surface area contributed by atoms with Crippen LogP contribution in [-0.4, -0.2) is 35.3 Å². The maximum Gasteiger partial charge on any atom is 0.251 e. The lowest BCUT2D eigenvalue weighted by Crippen LogP contribution is -3.11. The Kier molecular flexibility index (Phi) is 5.07. The normalized spacial score (nSPS) is 15.7. The molecule has 0 spiro atoms. The van der Waals surface area contributed by atoms with Crippen LogP contribution in [0.3, 0.4) is 0 Å². The smallest absolute Gasteiger partial charge is 0.251 e. The third-order valence-electron chi connectivity index (χ3n) is 5.30. The summed E-state index contributed by atoms with van der Waals surface area (Å²) in [5, 5.41) is 7.38. The number of hydrogen-bond donors (Lipinski definition) is 2. The highest BCUT2D eigenvalue weighted by Crippen LogP contribution is 2.13. The first kappa shape index (κ1) is 17.5. The standard InChI is InChI=1S/C21H24N4O2/c1-16-10-11-23-25(16)18-8-6-17(7-9-18)21(26)22-15-19(20-5-4-14-27-20)24-12-2-3-13-24/h4-11,14,19H,2-3,12-13,15H2,1H3,(H,22,26)/p+1/t19-/m0/s1. The van der Waals surface area contributed by atoms with Crippen molar-refractivity contribution < 1.29 is 14.1 Å². The van der Waals surface area contributed by atoms with Crippen LogP contribution in [0.25, 0.3) is 5.69 Å². The van der Waals surface area contributed by atoms with Gasteiger partial charge in [0.1, 0.15) is 0 Å². The molecule has 6 heteroatoms. The second kappa shape index (κ2) is 7.80. The minimum Gasteiger partial charge on any atom is -0.463 e. The number of benzene rings is 1. The summed E-state index contributed by atoms with van der Waals surface area (Å²) in [5.41, 5.74) is 2.66. The molecule has 1 fully saturated rings. The predicted octanol–water partition coefficient (Wildman–Crippen LogP) is 1.92. The summed E-state index contributed by atoms with van der Waals surface area (Å²) in [7, 11) is 0. The fraction of sp³-hybridized carbons (Fsp3) is 0.333. The number of furan rings is 1. The van der Waals surface area contributed by atoms with Crippen LogP contribution in [0.5, 0.6) is 0 Å². The Balaban J connectivity index is 1.43. The van der Waals surface area contributed by atoms with Crippen LogP contribution in [0.4, 0.5) is 0 Å². The van der Waals surface area contributed by atoms with Gasteiger partial charge in [-0.15, -0.1) is 0 Å². The van der Waals surface area contributed by atoms with Crippen LogP contribution in [0.1, 0.15) is 40.7 Å². The molecule has 0 unspecified atom stereocenters. The molecule has 1 aliphatic rings. The summed E-state index contributed by atoms with van der Waals surface area (Å²) in [6, 6.07) is 13.6. The summed E-state index contributed by atoms with van der Waals surface area (Å²) in [6.45, 7) is 4.82. The maximum atomic E-state index is 12.6. The van der Waals surface area contributed by atoms with Gasteiger partial charge in [-0.1, -0.05) is 0 Å². The number of nitrogens with zero attached hydrogens (tertiary/aromatic N) is 2. The largest absolute Gasteiger partial charge is 0.463 e. The van der Waals surface area contributed by atoms with Gasteiger partial charge in [-0.2, -0.15) is 5.10 Å².